The lowest BCUT2D eigenvalue weighted by Gasteiger charge is -2.33. The molecule has 2 aliphatic heterocycles. The topological polar surface area (TPSA) is 47.9 Å². The molecule has 1 amide bonds. The minimum atomic E-state index is 0.161. The van der Waals surface area contributed by atoms with Crippen LogP contribution in [-0.2, 0) is 17.8 Å². The van der Waals surface area contributed by atoms with E-state index in [1.165, 1.54) is 23.3 Å². The number of fused-ring (bicyclic) bond motifs is 1. The first-order chi connectivity index (χ1) is 11.2. The molecule has 6 heteroatoms. The molecular formula is C17H26N4OS. The van der Waals surface area contributed by atoms with Gasteiger partial charge in [0.05, 0.1) is 6.54 Å². The van der Waals surface area contributed by atoms with E-state index in [9.17, 15) is 4.79 Å². The highest BCUT2D eigenvalue weighted by atomic mass is 32.1. The van der Waals surface area contributed by atoms with E-state index in [2.05, 4.69) is 33.6 Å². The molecule has 3 rings (SSSR count). The Hall–Kier alpha value is -1.56. The highest BCUT2D eigenvalue weighted by Gasteiger charge is 2.23. The number of rotatable bonds is 2. The second-order valence-electron chi connectivity index (χ2n) is 6.50. The smallest absolute Gasteiger partial charge is 0.242 e. The normalized spacial score (nSPS) is 19.7. The Bertz CT molecular complexity index is 575. The first-order valence-electron chi connectivity index (χ1n) is 8.46. The lowest BCUT2D eigenvalue weighted by molar-refractivity contribution is -0.130. The van der Waals surface area contributed by atoms with Crippen LogP contribution in [0.4, 0.5) is 0 Å². The van der Waals surface area contributed by atoms with Crippen LogP contribution in [0.2, 0.25) is 0 Å². The number of guanidine groups is 1. The number of carbonyl (C=O) groups is 1. The third-order valence-corrected chi connectivity index (χ3v) is 5.88. The van der Waals surface area contributed by atoms with Crippen LogP contribution in [0.1, 0.15) is 30.2 Å². The summed E-state index contributed by atoms with van der Waals surface area (Å²) in [6, 6.07) is 2.14. The van der Waals surface area contributed by atoms with Crippen molar-refractivity contribution in [2.45, 2.75) is 32.7 Å². The summed E-state index contributed by atoms with van der Waals surface area (Å²) in [5, 5.41) is 5.38. The van der Waals surface area contributed by atoms with Gasteiger partial charge in [-0.05, 0) is 42.2 Å². The fourth-order valence-electron chi connectivity index (χ4n) is 3.28. The second-order valence-corrected chi connectivity index (χ2v) is 7.51. The van der Waals surface area contributed by atoms with Gasteiger partial charge in [0.2, 0.25) is 5.91 Å². The summed E-state index contributed by atoms with van der Waals surface area (Å²) in [7, 11) is 1.80. The molecule has 1 aromatic heterocycles. The number of hydrogen-bond acceptors (Lipinski definition) is 3. The Morgan fingerprint density at radius 1 is 1.35 bits per heavy atom. The van der Waals surface area contributed by atoms with Crippen LogP contribution in [0.5, 0.6) is 0 Å². The maximum absolute atomic E-state index is 12.5. The lowest BCUT2D eigenvalue weighted by Crippen LogP contribution is -2.49. The van der Waals surface area contributed by atoms with Gasteiger partial charge in [-0.15, -0.1) is 11.3 Å². The number of likely N-dealkylation sites (tertiary alicyclic amines) is 1. The number of carbonyl (C=O) groups excluding carboxylic acids is 1. The third kappa shape index (κ3) is 3.86. The number of thiophene rings is 1. The average Bonchev–Trinajstić information content (AvgIpc) is 3.04. The zero-order valence-electron chi connectivity index (χ0n) is 14.0. The van der Waals surface area contributed by atoms with E-state index in [0.29, 0.717) is 6.54 Å². The Labute approximate surface area is 142 Å². The average molecular weight is 334 g/mol. The molecule has 0 spiro atoms. The van der Waals surface area contributed by atoms with Gasteiger partial charge < -0.3 is 15.1 Å². The molecule has 23 heavy (non-hydrogen) atoms. The van der Waals surface area contributed by atoms with Gasteiger partial charge in [0, 0.05) is 38.1 Å². The SMILES string of the molecule is CN=C(NCC(=O)N1CCc2sccc2C1)N1CCC(C)CC1. The monoisotopic (exact) mass is 334 g/mol. The highest BCUT2D eigenvalue weighted by molar-refractivity contribution is 7.10. The minimum Gasteiger partial charge on any atom is -0.347 e. The van der Waals surface area contributed by atoms with Crippen LogP contribution in [0.3, 0.4) is 0 Å². The fourth-order valence-corrected chi connectivity index (χ4v) is 4.17. The van der Waals surface area contributed by atoms with Crippen molar-refractivity contribution >= 4 is 23.2 Å². The van der Waals surface area contributed by atoms with Crippen LogP contribution in [0.15, 0.2) is 16.4 Å². The molecule has 0 unspecified atom stereocenters. The Morgan fingerprint density at radius 2 is 2.13 bits per heavy atom. The van der Waals surface area contributed by atoms with E-state index >= 15 is 0 Å². The number of amides is 1. The first kappa shape index (κ1) is 16.3. The molecule has 0 bridgehead atoms. The summed E-state index contributed by atoms with van der Waals surface area (Å²) in [5.41, 5.74) is 1.31. The van der Waals surface area contributed by atoms with Crippen molar-refractivity contribution < 1.29 is 4.79 Å². The lowest BCUT2D eigenvalue weighted by atomic mass is 10.00. The van der Waals surface area contributed by atoms with Crippen LogP contribution in [0.25, 0.3) is 0 Å². The molecule has 2 aliphatic rings. The maximum Gasteiger partial charge on any atom is 0.242 e. The predicted molar refractivity (Wildman–Crippen MR) is 94.8 cm³/mol. The molecule has 0 atom stereocenters. The van der Waals surface area contributed by atoms with Crippen molar-refractivity contribution in [3.63, 3.8) is 0 Å². The van der Waals surface area contributed by atoms with E-state index < -0.39 is 0 Å². The Morgan fingerprint density at radius 3 is 2.87 bits per heavy atom. The number of hydrogen-bond donors (Lipinski definition) is 1. The molecule has 5 nitrogen and oxygen atoms in total. The standard InChI is InChI=1S/C17H26N4OS/c1-13-3-7-20(8-4-13)17(18-2)19-11-16(22)21-9-5-15-14(12-21)6-10-23-15/h6,10,13H,3-5,7-9,11-12H2,1-2H3,(H,18,19). The largest absolute Gasteiger partial charge is 0.347 e. The first-order valence-corrected chi connectivity index (χ1v) is 9.34. The van der Waals surface area contributed by atoms with Crippen molar-refractivity contribution in [1.82, 2.24) is 15.1 Å². The molecule has 0 saturated carbocycles. The molecule has 0 radical (unpaired) electrons. The Balaban J connectivity index is 1.50. The molecule has 1 fully saturated rings. The summed E-state index contributed by atoms with van der Waals surface area (Å²) < 4.78 is 0. The van der Waals surface area contributed by atoms with Crippen molar-refractivity contribution in [3.05, 3.63) is 21.9 Å². The van der Waals surface area contributed by atoms with Crippen LogP contribution in [0, 0.1) is 5.92 Å². The van der Waals surface area contributed by atoms with Crippen molar-refractivity contribution in [1.29, 1.82) is 0 Å². The number of nitrogens with zero attached hydrogens (tertiary/aromatic N) is 3. The van der Waals surface area contributed by atoms with E-state index in [1.54, 1.807) is 18.4 Å². The van der Waals surface area contributed by atoms with Crippen molar-refractivity contribution in [2.75, 3.05) is 33.2 Å². The summed E-state index contributed by atoms with van der Waals surface area (Å²) in [5.74, 6) is 1.81. The van der Waals surface area contributed by atoms with Gasteiger partial charge in [-0.1, -0.05) is 6.92 Å². The highest BCUT2D eigenvalue weighted by Crippen LogP contribution is 2.23. The number of aliphatic imine (C=N–C) groups is 1. The van der Waals surface area contributed by atoms with Crippen molar-refractivity contribution in [3.8, 4) is 0 Å². The van der Waals surface area contributed by atoms with Gasteiger partial charge in [-0.25, -0.2) is 0 Å². The van der Waals surface area contributed by atoms with E-state index in [0.717, 1.165) is 44.5 Å². The zero-order valence-corrected chi connectivity index (χ0v) is 14.9. The Kier molecular flexibility index (Phi) is 5.20. The molecule has 0 aliphatic carbocycles. The minimum absolute atomic E-state index is 0.161. The maximum atomic E-state index is 12.5. The van der Waals surface area contributed by atoms with Gasteiger partial charge in [0.1, 0.15) is 0 Å². The quantitative estimate of drug-likeness (QED) is 0.664. The van der Waals surface area contributed by atoms with Crippen molar-refractivity contribution in [2.24, 2.45) is 10.9 Å². The third-order valence-electron chi connectivity index (χ3n) is 4.85. The fraction of sp³-hybridized carbons (Fsp3) is 0.647. The molecule has 126 valence electrons. The molecular weight excluding hydrogens is 308 g/mol. The molecule has 3 heterocycles. The molecule has 1 aromatic rings. The van der Waals surface area contributed by atoms with E-state index in [-0.39, 0.29) is 5.91 Å². The second kappa shape index (κ2) is 7.34. The van der Waals surface area contributed by atoms with E-state index in [4.69, 9.17) is 0 Å². The molecule has 0 aromatic carbocycles. The molecule has 1 N–H and O–H groups in total. The van der Waals surface area contributed by atoms with E-state index in [1.807, 2.05) is 4.90 Å². The predicted octanol–water partition coefficient (Wildman–Crippen LogP) is 1.94. The van der Waals surface area contributed by atoms with Crippen LogP contribution >= 0.6 is 11.3 Å². The van der Waals surface area contributed by atoms with Gasteiger partial charge in [0.25, 0.3) is 0 Å². The summed E-state index contributed by atoms with van der Waals surface area (Å²) in [4.78, 5) is 22.5. The van der Waals surface area contributed by atoms with Gasteiger partial charge >= 0.3 is 0 Å². The van der Waals surface area contributed by atoms with Gasteiger partial charge in [0.15, 0.2) is 5.96 Å². The van der Waals surface area contributed by atoms with Crippen LogP contribution < -0.4 is 5.32 Å². The van der Waals surface area contributed by atoms with Crippen LogP contribution in [-0.4, -0.2) is 54.9 Å². The summed E-state index contributed by atoms with van der Waals surface area (Å²) in [6.07, 6.45) is 3.38. The summed E-state index contributed by atoms with van der Waals surface area (Å²) in [6.45, 7) is 6.26. The zero-order chi connectivity index (χ0) is 16.2. The molecule has 1 saturated heterocycles. The number of nitrogens with one attached hydrogen (secondary N) is 1. The van der Waals surface area contributed by atoms with Gasteiger partial charge in [-0.3, -0.25) is 9.79 Å². The van der Waals surface area contributed by atoms with Gasteiger partial charge in [-0.2, -0.15) is 0 Å². The number of piperidine rings is 1. The summed E-state index contributed by atoms with van der Waals surface area (Å²) >= 11 is 1.80.